The number of ether oxygens (including phenoxy) is 1. The Morgan fingerprint density at radius 2 is 2.07 bits per heavy atom. The molecule has 1 amide bonds. The van der Waals surface area contributed by atoms with Gasteiger partial charge in [0.1, 0.15) is 12.1 Å². The van der Waals surface area contributed by atoms with Gasteiger partial charge < -0.3 is 10.1 Å². The summed E-state index contributed by atoms with van der Waals surface area (Å²) in [6.45, 7) is 0.533. The van der Waals surface area contributed by atoms with E-state index in [2.05, 4.69) is 10.4 Å². The Hall–Kier alpha value is -2.68. The van der Waals surface area contributed by atoms with E-state index in [9.17, 15) is 4.79 Å². The number of nitrogens with zero attached hydrogens (tertiary/aromatic N) is 4. The van der Waals surface area contributed by atoms with Gasteiger partial charge in [-0.25, -0.2) is 4.68 Å². The molecule has 28 heavy (non-hydrogen) atoms. The maximum atomic E-state index is 12.3. The molecule has 3 aromatic rings. The Kier molecular flexibility index (Phi) is 6.45. The van der Waals surface area contributed by atoms with Crippen molar-refractivity contribution >= 4 is 35.4 Å². The third kappa shape index (κ3) is 4.78. The van der Waals surface area contributed by atoms with Gasteiger partial charge in [-0.1, -0.05) is 29.8 Å². The Morgan fingerprint density at radius 3 is 2.82 bits per heavy atom. The molecule has 0 atom stereocenters. The van der Waals surface area contributed by atoms with E-state index in [-0.39, 0.29) is 12.5 Å². The van der Waals surface area contributed by atoms with Crippen molar-refractivity contribution < 1.29 is 9.53 Å². The molecular weight excluding hydrogens is 398 g/mol. The van der Waals surface area contributed by atoms with Crippen molar-refractivity contribution in [1.29, 1.82) is 0 Å². The van der Waals surface area contributed by atoms with Crippen LogP contribution in [0, 0.1) is 4.77 Å². The van der Waals surface area contributed by atoms with Gasteiger partial charge in [0.15, 0.2) is 0 Å². The van der Waals surface area contributed by atoms with E-state index in [1.54, 1.807) is 34.8 Å². The number of nitrogens with one attached hydrogen (secondary N) is 1. The molecule has 0 aliphatic carbocycles. The number of likely N-dealkylation sites (N-methyl/N-ethyl adjacent to an activating group) is 1. The first-order chi connectivity index (χ1) is 13.5. The molecule has 0 fully saturated rings. The normalized spacial score (nSPS) is 10.9. The van der Waals surface area contributed by atoms with Crippen LogP contribution in [-0.4, -0.2) is 45.9 Å². The van der Waals surface area contributed by atoms with Crippen LogP contribution in [0.5, 0.6) is 5.75 Å². The summed E-state index contributed by atoms with van der Waals surface area (Å²) in [5, 5.41) is 7.63. The number of hydrogen-bond donors (Lipinski definition) is 1. The third-order valence-electron chi connectivity index (χ3n) is 4.00. The van der Waals surface area contributed by atoms with Crippen LogP contribution in [0.3, 0.4) is 0 Å². The van der Waals surface area contributed by atoms with Crippen molar-refractivity contribution in [3.8, 4) is 11.4 Å². The quantitative estimate of drug-likeness (QED) is 0.595. The van der Waals surface area contributed by atoms with Gasteiger partial charge in [-0.15, -0.1) is 0 Å². The molecule has 0 saturated heterocycles. The highest BCUT2D eigenvalue weighted by atomic mass is 35.5. The van der Waals surface area contributed by atoms with E-state index in [1.165, 1.54) is 0 Å². The average molecular weight is 418 g/mol. The summed E-state index contributed by atoms with van der Waals surface area (Å²) in [5.41, 5.74) is 1.44. The summed E-state index contributed by atoms with van der Waals surface area (Å²) in [6.07, 6.45) is 1.65. The standard InChI is InChI=1S/C19H20ClN5O2S/c1-23(11-18(26)22-17-9-4-3-8-16(17)20)13-25-19(28)24(12-21-25)14-6-5-7-15(10-14)27-2/h3-10,12H,11,13H2,1-2H3,(H,22,26). The van der Waals surface area contributed by atoms with Gasteiger partial charge in [0.05, 0.1) is 36.7 Å². The second-order valence-corrected chi connectivity index (χ2v) is 6.94. The molecular formula is C19H20ClN5O2S. The molecule has 0 spiro atoms. The van der Waals surface area contributed by atoms with Crippen LogP contribution in [0.25, 0.3) is 5.69 Å². The lowest BCUT2D eigenvalue weighted by Gasteiger charge is -2.16. The third-order valence-corrected chi connectivity index (χ3v) is 4.74. The molecule has 1 N–H and O–H groups in total. The molecule has 1 heterocycles. The van der Waals surface area contributed by atoms with Gasteiger partial charge in [0.2, 0.25) is 10.7 Å². The van der Waals surface area contributed by atoms with Crippen LogP contribution in [0.1, 0.15) is 0 Å². The maximum Gasteiger partial charge on any atom is 0.238 e. The fraction of sp³-hybridized carbons (Fsp3) is 0.211. The minimum atomic E-state index is -0.172. The number of benzene rings is 2. The number of para-hydroxylation sites is 1. The fourth-order valence-corrected chi connectivity index (χ4v) is 3.09. The molecule has 146 valence electrons. The molecule has 1 aromatic heterocycles. The second kappa shape index (κ2) is 9.01. The first-order valence-electron chi connectivity index (χ1n) is 8.49. The smallest absolute Gasteiger partial charge is 0.238 e. The minimum absolute atomic E-state index is 0.166. The van der Waals surface area contributed by atoms with Crippen LogP contribution in [0.2, 0.25) is 5.02 Å². The number of halogens is 1. The highest BCUT2D eigenvalue weighted by molar-refractivity contribution is 7.71. The number of rotatable bonds is 7. The largest absolute Gasteiger partial charge is 0.497 e. The number of hydrogen-bond acceptors (Lipinski definition) is 5. The predicted octanol–water partition coefficient (Wildman–Crippen LogP) is 3.59. The van der Waals surface area contributed by atoms with E-state index in [1.807, 2.05) is 48.3 Å². The molecule has 0 bridgehead atoms. The number of anilines is 1. The van der Waals surface area contributed by atoms with Crippen molar-refractivity contribution in [2.75, 3.05) is 26.0 Å². The first kappa shape index (κ1) is 20.1. The lowest BCUT2D eigenvalue weighted by Crippen LogP contribution is -2.32. The zero-order chi connectivity index (χ0) is 20.1. The van der Waals surface area contributed by atoms with Crippen LogP contribution < -0.4 is 10.1 Å². The SMILES string of the molecule is COc1cccc(-n2cnn(CN(C)CC(=O)Nc3ccccc3Cl)c2=S)c1. The Morgan fingerprint density at radius 1 is 1.29 bits per heavy atom. The van der Waals surface area contributed by atoms with Crippen LogP contribution in [0.15, 0.2) is 54.9 Å². The van der Waals surface area contributed by atoms with Gasteiger partial charge >= 0.3 is 0 Å². The zero-order valence-corrected chi connectivity index (χ0v) is 17.1. The lowest BCUT2D eigenvalue weighted by molar-refractivity contribution is -0.117. The molecule has 0 radical (unpaired) electrons. The molecule has 9 heteroatoms. The number of aromatic nitrogens is 3. The Labute approximate surface area is 173 Å². The number of methoxy groups -OCH3 is 1. The van der Waals surface area contributed by atoms with E-state index >= 15 is 0 Å². The Bertz CT molecular complexity index is 1030. The Balaban J connectivity index is 1.65. The molecule has 0 saturated carbocycles. The summed E-state index contributed by atoms with van der Waals surface area (Å²) in [5.74, 6) is 0.565. The number of amides is 1. The summed E-state index contributed by atoms with van der Waals surface area (Å²) in [7, 11) is 3.43. The van der Waals surface area contributed by atoms with E-state index < -0.39 is 0 Å². The van der Waals surface area contributed by atoms with Crippen molar-refractivity contribution in [3.05, 3.63) is 64.7 Å². The van der Waals surface area contributed by atoms with Crippen molar-refractivity contribution in [2.24, 2.45) is 0 Å². The molecule has 0 aliphatic rings. The van der Waals surface area contributed by atoms with E-state index in [0.29, 0.717) is 22.1 Å². The average Bonchev–Trinajstić information content (AvgIpc) is 3.04. The maximum absolute atomic E-state index is 12.3. The molecule has 7 nitrogen and oxygen atoms in total. The van der Waals surface area contributed by atoms with E-state index in [0.717, 1.165) is 11.4 Å². The topological polar surface area (TPSA) is 64.3 Å². The summed E-state index contributed by atoms with van der Waals surface area (Å²) in [4.78, 5) is 14.1. The van der Waals surface area contributed by atoms with Gasteiger partial charge in [-0.3, -0.25) is 14.3 Å². The van der Waals surface area contributed by atoms with Crippen LogP contribution >= 0.6 is 23.8 Å². The first-order valence-corrected chi connectivity index (χ1v) is 9.28. The van der Waals surface area contributed by atoms with Gasteiger partial charge in [-0.05, 0) is 43.5 Å². The monoisotopic (exact) mass is 417 g/mol. The summed E-state index contributed by atoms with van der Waals surface area (Å²) >= 11 is 11.6. The van der Waals surface area contributed by atoms with Crippen molar-refractivity contribution in [3.63, 3.8) is 0 Å². The second-order valence-electron chi connectivity index (χ2n) is 6.17. The van der Waals surface area contributed by atoms with E-state index in [4.69, 9.17) is 28.6 Å². The summed E-state index contributed by atoms with van der Waals surface area (Å²) < 4.78 is 9.21. The number of carbonyl (C=O) groups excluding carboxylic acids is 1. The molecule has 3 rings (SSSR count). The highest BCUT2D eigenvalue weighted by Gasteiger charge is 2.11. The molecule has 0 unspecified atom stereocenters. The summed E-state index contributed by atoms with van der Waals surface area (Å²) in [6, 6.07) is 14.7. The van der Waals surface area contributed by atoms with Crippen molar-refractivity contribution in [1.82, 2.24) is 19.2 Å². The van der Waals surface area contributed by atoms with Gasteiger partial charge in [0, 0.05) is 6.07 Å². The molecule has 0 aliphatic heterocycles. The van der Waals surface area contributed by atoms with Crippen LogP contribution in [0.4, 0.5) is 5.69 Å². The lowest BCUT2D eigenvalue weighted by atomic mass is 10.3. The fourth-order valence-electron chi connectivity index (χ4n) is 2.65. The predicted molar refractivity (Wildman–Crippen MR) is 112 cm³/mol. The van der Waals surface area contributed by atoms with Crippen LogP contribution in [-0.2, 0) is 11.5 Å². The number of carbonyl (C=O) groups is 1. The van der Waals surface area contributed by atoms with Crippen molar-refractivity contribution in [2.45, 2.75) is 6.67 Å². The van der Waals surface area contributed by atoms with Gasteiger partial charge in [-0.2, -0.15) is 5.10 Å². The molecule has 2 aromatic carbocycles. The minimum Gasteiger partial charge on any atom is -0.497 e. The highest BCUT2D eigenvalue weighted by Crippen LogP contribution is 2.20. The van der Waals surface area contributed by atoms with Gasteiger partial charge in [0.25, 0.3) is 0 Å². The zero-order valence-electron chi connectivity index (χ0n) is 15.5.